The fourth-order valence-electron chi connectivity index (χ4n) is 3.39. The number of carbonyl (C=O) groups excluding carboxylic acids is 1. The van der Waals surface area contributed by atoms with E-state index in [-0.39, 0.29) is 24.1 Å². The molecule has 1 N–H and O–H groups in total. The summed E-state index contributed by atoms with van der Waals surface area (Å²) in [5, 5.41) is 7.51. The zero-order valence-electron chi connectivity index (χ0n) is 16.6. The van der Waals surface area contributed by atoms with Crippen molar-refractivity contribution in [3.8, 4) is 17.0 Å². The van der Waals surface area contributed by atoms with Crippen LogP contribution in [-0.2, 0) is 11.3 Å². The first kappa shape index (κ1) is 19.2. The number of rotatable bonds is 8. The van der Waals surface area contributed by atoms with E-state index >= 15 is 0 Å². The fraction of sp³-hybridized carbons (Fsp3) is 0.409. The molecule has 2 aromatic heterocycles. The molecule has 0 spiro atoms. The number of benzene rings is 1. The van der Waals surface area contributed by atoms with Crippen molar-refractivity contribution in [1.29, 1.82) is 0 Å². The highest BCUT2D eigenvalue weighted by molar-refractivity contribution is 5.76. The number of amides is 1. The van der Waals surface area contributed by atoms with Crippen LogP contribution < -0.4 is 15.6 Å². The highest BCUT2D eigenvalue weighted by Crippen LogP contribution is 2.29. The third kappa shape index (κ3) is 4.18. The molecule has 1 amide bonds. The molecule has 7 heteroatoms. The minimum atomic E-state index is -0.237. The zero-order valence-corrected chi connectivity index (χ0v) is 16.6. The third-order valence-electron chi connectivity index (χ3n) is 5.31. The van der Waals surface area contributed by atoms with Crippen molar-refractivity contribution in [2.24, 2.45) is 0 Å². The van der Waals surface area contributed by atoms with Crippen molar-refractivity contribution in [2.75, 3.05) is 6.61 Å². The standard InChI is InChI=1S/C22H26N4O3/c1-2-3-13-29-20-10-5-4-9-17(20)18-14-19-22(28)25(11-12-26(19)24-18)15-21(27)23-16-7-6-8-16/h4-5,9-12,14,16H,2-3,6-8,13,15H2,1H3,(H,23,27). The second-order valence-electron chi connectivity index (χ2n) is 7.48. The Bertz CT molecular complexity index is 1070. The average molecular weight is 394 g/mol. The highest BCUT2D eigenvalue weighted by atomic mass is 16.5. The molecular formula is C22H26N4O3. The lowest BCUT2D eigenvalue weighted by Crippen LogP contribution is -2.42. The Balaban J connectivity index is 1.59. The summed E-state index contributed by atoms with van der Waals surface area (Å²) in [6.45, 7) is 2.78. The predicted molar refractivity (Wildman–Crippen MR) is 111 cm³/mol. The van der Waals surface area contributed by atoms with Gasteiger partial charge in [0, 0.05) is 24.0 Å². The molecule has 0 unspecified atom stereocenters. The second-order valence-corrected chi connectivity index (χ2v) is 7.48. The maximum Gasteiger partial charge on any atom is 0.277 e. The molecule has 1 aromatic carbocycles. The van der Waals surface area contributed by atoms with Gasteiger partial charge in [0.25, 0.3) is 5.56 Å². The van der Waals surface area contributed by atoms with Gasteiger partial charge in [0.05, 0.1) is 12.3 Å². The Labute approximate surface area is 169 Å². The summed E-state index contributed by atoms with van der Waals surface area (Å²) in [5.74, 6) is 0.625. The number of nitrogens with zero attached hydrogens (tertiary/aromatic N) is 3. The molecule has 1 fully saturated rings. The van der Waals surface area contributed by atoms with Crippen LogP contribution in [-0.4, -0.2) is 32.7 Å². The number of fused-ring (bicyclic) bond motifs is 1. The van der Waals surface area contributed by atoms with Crippen LogP contribution in [0, 0.1) is 0 Å². The van der Waals surface area contributed by atoms with Gasteiger partial charge >= 0.3 is 0 Å². The van der Waals surface area contributed by atoms with E-state index in [1.165, 1.54) is 4.57 Å². The maximum atomic E-state index is 12.9. The van der Waals surface area contributed by atoms with Crippen LogP contribution in [0.25, 0.3) is 16.8 Å². The molecule has 0 bridgehead atoms. The van der Waals surface area contributed by atoms with Crippen LogP contribution in [0.4, 0.5) is 0 Å². The van der Waals surface area contributed by atoms with Crippen LogP contribution in [0.1, 0.15) is 39.0 Å². The molecule has 152 valence electrons. The lowest BCUT2D eigenvalue weighted by atomic mass is 9.93. The van der Waals surface area contributed by atoms with Crippen LogP contribution in [0.5, 0.6) is 5.75 Å². The lowest BCUT2D eigenvalue weighted by Gasteiger charge is -2.26. The minimum absolute atomic E-state index is 0.0169. The van der Waals surface area contributed by atoms with Crippen LogP contribution in [0.2, 0.25) is 0 Å². The molecular weight excluding hydrogens is 368 g/mol. The molecule has 3 aromatic rings. The summed E-state index contributed by atoms with van der Waals surface area (Å²) in [5.41, 5.74) is 1.72. The molecule has 0 atom stereocenters. The quantitative estimate of drug-likeness (QED) is 0.596. The van der Waals surface area contributed by atoms with E-state index in [9.17, 15) is 9.59 Å². The molecule has 1 saturated carbocycles. The number of carbonyl (C=O) groups is 1. The number of hydrogen-bond donors (Lipinski definition) is 1. The number of aromatic nitrogens is 3. The first-order chi connectivity index (χ1) is 14.2. The predicted octanol–water partition coefficient (Wildman–Crippen LogP) is 3.01. The summed E-state index contributed by atoms with van der Waals surface area (Å²) in [7, 11) is 0. The smallest absolute Gasteiger partial charge is 0.277 e. The summed E-state index contributed by atoms with van der Waals surface area (Å²) in [4.78, 5) is 25.1. The van der Waals surface area contributed by atoms with Crippen molar-refractivity contribution in [2.45, 2.75) is 51.6 Å². The first-order valence-electron chi connectivity index (χ1n) is 10.3. The van der Waals surface area contributed by atoms with Crippen LogP contribution in [0.3, 0.4) is 0 Å². The van der Waals surface area contributed by atoms with Gasteiger partial charge in [-0.25, -0.2) is 4.52 Å². The van der Waals surface area contributed by atoms with Gasteiger partial charge in [0.15, 0.2) is 0 Å². The van der Waals surface area contributed by atoms with E-state index in [4.69, 9.17) is 4.74 Å². The Morgan fingerprint density at radius 3 is 2.86 bits per heavy atom. The molecule has 2 heterocycles. The highest BCUT2D eigenvalue weighted by Gasteiger charge is 2.20. The fourth-order valence-corrected chi connectivity index (χ4v) is 3.39. The molecule has 29 heavy (non-hydrogen) atoms. The molecule has 1 aliphatic carbocycles. The van der Waals surface area contributed by atoms with E-state index in [1.807, 2.05) is 24.3 Å². The van der Waals surface area contributed by atoms with E-state index in [2.05, 4.69) is 17.3 Å². The van der Waals surface area contributed by atoms with E-state index in [1.54, 1.807) is 23.0 Å². The first-order valence-corrected chi connectivity index (χ1v) is 10.3. The molecule has 7 nitrogen and oxygen atoms in total. The van der Waals surface area contributed by atoms with Crippen molar-refractivity contribution in [3.63, 3.8) is 0 Å². The number of hydrogen-bond acceptors (Lipinski definition) is 4. The summed E-state index contributed by atoms with van der Waals surface area (Å²) < 4.78 is 8.89. The monoisotopic (exact) mass is 394 g/mol. The van der Waals surface area contributed by atoms with Crippen molar-refractivity contribution < 1.29 is 9.53 Å². The molecule has 1 aliphatic rings. The number of para-hydroxylation sites is 1. The van der Waals surface area contributed by atoms with Crippen LogP contribution in [0.15, 0.2) is 47.5 Å². The molecule has 0 saturated heterocycles. The van der Waals surface area contributed by atoms with Gasteiger partial charge in [0.1, 0.15) is 17.8 Å². The van der Waals surface area contributed by atoms with Crippen molar-refractivity contribution in [3.05, 3.63) is 53.1 Å². The number of nitrogens with one attached hydrogen (secondary N) is 1. The lowest BCUT2D eigenvalue weighted by molar-refractivity contribution is -0.122. The molecule has 0 aliphatic heterocycles. The second kappa shape index (κ2) is 8.51. The zero-order chi connectivity index (χ0) is 20.2. The van der Waals surface area contributed by atoms with Gasteiger partial charge in [-0.2, -0.15) is 5.10 Å². The van der Waals surface area contributed by atoms with Gasteiger partial charge < -0.3 is 14.6 Å². The SMILES string of the molecule is CCCCOc1ccccc1-c1cc2c(=O)n(CC(=O)NC3CCC3)ccn2n1. The maximum absolute atomic E-state index is 12.9. The summed E-state index contributed by atoms with van der Waals surface area (Å²) >= 11 is 0. The van der Waals surface area contributed by atoms with E-state index < -0.39 is 0 Å². The largest absolute Gasteiger partial charge is 0.493 e. The number of ether oxygens (including phenoxy) is 1. The Morgan fingerprint density at radius 2 is 2.10 bits per heavy atom. The van der Waals surface area contributed by atoms with E-state index in [0.717, 1.165) is 43.4 Å². The minimum Gasteiger partial charge on any atom is -0.493 e. The van der Waals surface area contributed by atoms with Gasteiger partial charge in [-0.3, -0.25) is 9.59 Å². The van der Waals surface area contributed by atoms with Crippen molar-refractivity contribution in [1.82, 2.24) is 19.5 Å². The van der Waals surface area contributed by atoms with Crippen molar-refractivity contribution >= 4 is 11.4 Å². The van der Waals surface area contributed by atoms with E-state index in [0.29, 0.717) is 17.8 Å². The normalized spacial score (nSPS) is 14.0. The van der Waals surface area contributed by atoms with Crippen LogP contribution >= 0.6 is 0 Å². The third-order valence-corrected chi connectivity index (χ3v) is 5.31. The van der Waals surface area contributed by atoms with Gasteiger partial charge in [-0.15, -0.1) is 0 Å². The van der Waals surface area contributed by atoms with Gasteiger partial charge in [-0.1, -0.05) is 25.5 Å². The number of unbranched alkanes of at least 4 members (excludes halogenated alkanes) is 1. The Hall–Kier alpha value is -3.09. The average Bonchev–Trinajstić information content (AvgIpc) is 3.13. The summed E-state index contributed by atoms with van der Waals surface area (Å²) in [6.07, 6.45) is 8.54. The van der Waals surface area contributed by atoms with Gasteiger partial charge in [-0.05, 0) is 43.9 Å². The molecule has 0 radical (unpaired) electrons. The Kier molecular flexibility index (Phi) is 5.64. The summed E-state index contributed by atoms with van der Waals surface area (Å²) in [6, 6.07) is 9.72. The van der Waals surface area contributed by atoms with Gasteiger partial charge in [0.2, 0.25) is 5.91 Å². The topological polar surface area (TPSA) is 77.6 Å². The Morgan fingerprint density at radius 1 is 1.28 bits per heavy atom. The molecule has 4 rings (SSSR count).